The Hall–Kier alpha value is -1.77. The van der Waals surface area contributed by atoms with Gasteiger partial charge in [0.05, 0.1) is 16.9 Å². The number of benzene rings is 1. The number of carbonyl (C=O) groups is 1. The number of aldehydes is 1. The first-order valence-electron chi connectivity index (χ1n) is 6.60. The molecule has 1 saturated heterocycles. The quantitative estimate of drug-likeness (QED) is 0.756. The van der Waals surface area contributed by atoms with Gasteiger partial charge in [0.1, 0.15) is 0 Å². The van der Waals surface area contributed by atoms with E-state index in [4.69, 9.17) is 0 Å². The lowest BCUT2D eigenvalue weighted by molar-refractivity contribution is 0.111. The summed E-state index contributed by atoms with van der Waals surface area (Å²) >= 11 is 0. The molecule has 3 heteroatoms. The van der Waals surface area contributed by atoms with E-state index in [1.807, 2.05) is 17.7 Å². The summed E-state index contributed by atoms with van der Waals surface area (Å²) in [5.74, 6) is 0. The monoisotopic (exact) mass is 242 g/mol. The maximum Gasteiger partial charge on any atom is 0.166 e. The Bertz CT molecular complexity index is 579. The fraction of sp³-hybridized carbons (Fsp3) is 0.400. The van der Waals surface area contributed by atoms with Gasteiger partial charge in [-0.1, -0.05) is 12.1 Å². The summed E-state index contributed by atoms with van der Waals surface area (Å²) in [7, 11) is 1.97. The van der Waals surface area contributed by atoms with Gasteiger partial charge in [0.25, 0.3) is 0 Å². The lowest BCUT2D eigenvalue weighted by Crippen LogP contribution is -2.29. The molecule has 3 nitrogen and oxygen atoms in total. The van der Waals surface area contributed by atoms with Gasteiger partial charge in [-0.2, -0.15) is 0 Å². The molecule has 94 valence electrons. The van der Waals surface area contributed by atoms with E-state index in [0.29, 0.717) is 0 Å². The van der Waals surface area contributed by atoms with Crippen LogP contribution in [0.5, 0.6) is 0 Å². The van der Waals surface area contributed by atoms with Crippen LogP contribution in [0.3, 0.4) is 0 Å². The van der Waals surface area contributed by atoms with Crippen molar-refractivity contribution in [3.8, 4) is 0 Å². The van der Waals surface area contributed by atoms with Gasteiger partial charge in [-0.25, -0.2) is 0 Å². The molecular formula is C15H18N2O. The van der Waals surface area contributed by atoms with E-state index >= 15 is 0 Å². The topological polar surface area (TPSA) is 25.2 Å². The third-order valence-electron chi connectivity index (χ3n) is 3.89. The molecule has 1 fully saturated rings. The minimum absolute atomic E-state index is 0.745. The zero-order chi connectivity index (χ0) is 12.5. The highest BCUT2D eigenvalue weighted by molar-refractivity contribution is 5.96. The van der Waals surface area contributed by atoms with Crippen LogP contribution in [0.4, 0.5) is 5.69 Å². The van der Waals surface area contributed by atoms with Gasteiger partial charge in [-0.3, -0.25) is 4.79 Å². The number of hydrogen-bond donors (Lipinski definition) is 0. The van der Waals surface area contributed by atoms with Crippen molar-refractivity contribution in [3.05, 3.63) is 30.0 Å². The minimum atomic E-state index is 0.745. The van der Waals surface area contributed by atoms with Crippen LogP contribution in [0.2, 0.25) is 0 Å². The van der Waals surface area contributed by atoms with Crippen LogP contribution in [-0.4, -0.2) is 23.9 Å². The van der Waals surface area contributed by atoms with Crippen LogP contribution >= 0.6 is 0 Å². The molecule has 1 aliphatic heterocycles. The predicted molar refractivity (Wildman–Crippen MR) is 74.4 cm³/mol. The molecule has 0 atom stereocenters. The number of para-hydroxylation sites is 1. The van der Waals surface area contributed by atoms with E-state index in [-0.39, 0.29) is 0 Å². The number of carbonyl (C=O) groups excluding carboxylic acids is 1. The van der Waals surface area contributed by atoms with Gasteiger partial charge in [-0.15, -0.1) is 0 Å². The molecule has 0 amide bonds. The Kier molecular flexibility index (Phi) is 2.82. The normalized spacial score (nSPS) is 16.2. The molecule has 2 aromatic rings. The average Bonchev–Trinajstić information content (AvgIpc) is 2.76. The van der Waals surface area contributed by atoms with Crippen molar-refractivity contribution < 1.29 is 4.79 Å². The number of anilines is 1. The molecule has 2 heterocycles. The summed E-state index contributed by atoms with van der Waals surface area (Å²) in [6.07, 6.45) is 4.79. The van der Waals surface area contributed by atoms with Crippen LogP contribution in [0.15, 0.2) is 24.3 Å². The van der Waals surface area contributed by atoms with Gasteiger partial charge < -0.3 is 9.47 Å². The van der Waals surface area contributed by atoms with E-state index in [0.717, 1.165) is 30.5 Å². The van der Waals surface area contributed by atoms with E-state index in [2.05, 4.69) is 23.1 Å². The first kappa shape index (κ1) is 11.3. The molecule has 0 bridgehead atoms. The van der Waals surface area contributed by atoms with Crippen molar-refractivity contribution in [2.75, 3.05) is 18.0 Å². The van der Waals surface area contributed by atoms with Gasteiger partial charge >= 0.3 is 0 Å². The second-order valence-corrected chi connectivity index (χ2v) is 5.01. The summed E-state index contributed by atoms with van der Waals surface area (Å²) in [5, 5.41) is 1.16. The lowest BCUT2D eigenvalue weighted by atomic mass is 10.1. The molecule has 0 radical (unpaired) electrons. The molecule has 0 saturated carbocycles. The molecule has 0 aliphatic carbocycles. The van der Waals surface area contributed by atoms with Gasteiger partial charge in [0.2, 0.25) is 0 Å². The number of aromatic nitrogens is 1. The summed E-state index contributed by atoms with van der Waals surface area (Å²) in [6, 6.07) is 8.30. The van der Waals surface area contributed by atoms with Crippen molar-refractivity contribution in [3.63, 3.8) is 0 Å². The second kappa shape index (κ2) is 4.48. The number of nitrogens with zero attached hydrogens (tertiary/aromatic N) is 2. The fourth-order valence-corrected chi connectivity index (χ4v) is 2.92. The van der Waals surface area contributed by atoms with E-state index < -0.39 is 0 Å². The number of piperidine rings is 1. The number of aryl methyl sites for hydroxylation is 1. The predicted octanol–water partition coefficient (Wildman–Crippen LogP) is 2.98. The SMILES string of the molecule is Cn1c(C=O)cc2cccc(N3CCCCC3)c21. The van der Waals surface area contributed by atoms with Crippen LogP contribution in [-0.2, 0) is 7.05 Å². The zero-order valence-corrected chi connectivity index (χ0v) is 10.7. The van der Waals surface area contributed by atoms with Crippen LogP contribution in [0.25, 0.3) is 10.9 Å². The Morgan fingerprint density at radius 1 is 1.17 bits per heavy atom. The number of fused-ring (bicyclic) bond motifs is 1. The van der Waals surface area contributed by atoms with E-state index in [9.17, 15) is 4.79 Å². The lowest BCUT2D eigenvalue weighted by Gasteiger charge is -2.29. The third kappa shape index (κ3) is 1.70. The first-order chi connectivity index (χ1) is 8.81. The van der Waals surface area contributed by atoms with Crippen molar-refractivity contribution in [2.24, 2.45) is 7.05 Å². The number of hydrogen-bond acceptors (Lipinski definition) is 2. The molecule has 3 rings (SSSR count). The maximum atomic E-state index is 11.1. The Morgan fingerprint density at radius 2 is 1.94 bits per heavy atom. The van der Waals surface area contributed by atoms with Crippen LogP contribution < -0.4 is 4.90 Å². The highest BCUT2D eigenvalue weighted by atomic mass is 16.1. The molecule has 1 aromatic heterocycles. The first-order valence-corrected chi connectivity index (χ1v) is 6.60. The largest absolute Gasteiger partial charge is 0.370 e. The van der Waals surface area contributed by atoms with Crippen molar-refractivity contribution in [1.82, 2.24) is 4.57 Å². The molecule has 0 unspecified atom stereocenters. The minimum Gasteiger partial charge on any atom is -0.370 e. The van der Waals surface area contributed by atoms with Crippen LogP contribution in [0.1, 0.15) is 29.8 Å². The van der Waals surface area contributed by atoms with Gasteiger partial charge in [0, 0.05) is 25.5 Å². The Morgan fingerprint density at radius 3 is 2.67 bits per heavy atom. The smallest absolute Gasteiger partial charge is 0.166 e. The number of rotatable bonds is 2. The zero-order valence-electron chi connectivity index (χ0n) is 10.7. The summed E-state index contributed by atoms with van der Waals surface area (Å²) in [5.41, 5.74) is 3.19. The van der Waals surface area contributed by atoms with E-state index in [1.54, 1.807) is 0 Å². The second-order valence-electron chi connectivity index (χ2n) is 5.01. The molecule has 1 aliphatic rings. The molecule has 0 spiro atoms. The fourth-order valence-electron chi connectivity index (χ4n) is 2.92. The average molecular weight is 242 g/mol. The maximum absolute atomic E-state index is 11.1. The summed E-state index contributed by atoms with van der Waals surface area (Å²) in [6.45, 7) is 2.25. The Labute approximate surface area is 107 Å². The Balaban J connectivity index is 2.16. The summed E-state index contributed by atoms with van der Waals surface area (Å²) < 4.78 is 2.01. The molecular weight excluding hydrogens is 224 g/mol. The van der Waals surface area contributed by atoms with E-state index in [1.165, 1.54) is 30.5 Å². The molecule has 18 heavy (non-hydrogen) atoms. The van der Waals surface area contributed by atoms with Crippen LogP contribution in [0, 0.1) is 0 Å². The van der Waals surface area contributed by atoms with Gasteiger partial charge in [-0.05, 0) is 31.4 Å². The van der Waals surface area contributed by atoms with Crippen molar-refractivity contribution in [2.45, 2.75) is 19.3 Å². The van der Waals surface area contributed by atoms with Crippen molar-refractivity contribution >= 4 is 22.9 Å². The van der Waals surface area contributed by atoms with Gasteiger partial charge in [0.15, 0.2) is 6.29 Å². The van der Waals surface area contributed by atoms with Crippen molar-refractivity contribution in [1.29, 1.82) is 0 Å². The molecule has 0 N–H and O–H groups in total. The summed E-state index contributed by atoms with van der Waals surface area (Å²) in [4.78, 5) is 13.5. The third-order valence-corrected chi connectivity index (χ3v) is 3.89. The highest BCUT2D eigenvalue weighted by Gasteiger charge is 2.16. The standard InChI is InChI=1S/C15H18N2O/c1-16-13(11-18)10-12-6-5-7-14(15(12)16)17-8-3-2-4-9-17/h5-7,10-11H,2-4,8-9H2,1H3. The molecule has 1 aromatic carbocycles. The highest BCUT2D eigenvalue weighted by Crippen LogP contribution is 2.30.